The number of rotatable bonds is 6. The van der Waals surface area contributed by atoms with E-state index in [0.717, 1.165) is 16.1 Å². The van der Waals surface area contributed by atoms with Gasteiger partial charge in [0.05, 0.1) is 11.9 Å². The number of sulfonamides is 1. The van der Waals surface area contributed by atoms with E-state index < -0.39 is 15.9 Å². The first-order valence-corrected chi connectivity index (χ1v) is 9.72. The molecule has 2 aromatic rings. The van der Waals surface area contributed by atoms with Crippen molar-refractivity contribution >= 4 is 38.9 Å². The summed E-state index contributed by atoms with van der Waals surface area (Å²) in [6, 6.07) is 13.5. The summed E-state index contributed by atoms with van der Waals surface area (Å²) >= 11 is 0. The van der Waals surface area contributed by atoms with Crippen molar-refractivity contribution in [2.24, 2.45) is 0 Å². The molecule has 138 valence electrons. The highest BCUT2D eigenvalue weighted by atomic mass is 32.2. The number of aryl methyl sites for hydroxylation is 1. The number of anilines is 3. The molecule has 2 amide bonds. The molecule has 0 aromatic heterocycles. The minimum absolute atomic E-state index is 0.227. The van der Waals surface area contributed by atoms with Gasteiger partial charge in [-0.1, -0.05) is 12.1 Å². The van der Waals surface area contributed by atoms with E-state index in [4.69, 9.17) is 0 Å². The Morgan fingerprint density at radius 2 is 1.65 bits per heavy atom. The van der Waals surface area contributed by atoms with Crippen LogP contribution in [-0.4, -0.2) is 33.0 Å². The summed E-state index contributed by atoms with van der Waals surface area (Å²) in [6.45, 7) is 2.92. The van der Waals surface area contributed by atoms with Crippen molar-refractivity contribution in [2.45, 2.75) is 13.8 Å². The van der Waals surface area contributed by atoms with Crippen LogP contribution in [0.4, 0.5) is 17.1 Å². The molecule has 8 heteroatoms. The quantitative estimate of drug-likeness (QED) is 0.810. The number of carbonyl (C=O) groups excluding carboxylic acids is 2. The van der Waals surface area contributed by atoms with Crippen LogP contribution in [0.1, 0.15) is 12.5 Å². The van der Waals surface area contributed by atoms with Crippen molar-refractivity contribution in [1.29, 1.82) is 0 Å². The van der Waals surface area contributed by atoms with Crippen molar-refractivity contribution in [3.63, 3.8) is 0 Å². The summed E-state index contributed by atoms with van der Waals surface area (Å²) in [4.78, 5) is 23.4. The smallest absolute Gasteiger partial charge is 0.245 e. The van der Waals surface area contributed by atoms with Gasteiger partial charge in [-0.15, -0.1) is 0 Å². The van der Waals surface area contributed by atoms with Crippen LogP contribution in [0.2, 0.25) is 0 Å². The molecule has 0 aliphatic rings. The lowest BCUT2D eigenvalue weighted by Gasteiger charge is -2.22. The highest BCUT2D eigenvalue weighted by molar-refractivity contribution is 7.92. The van der Waals surface area contributed by atoms with Crippen molar-refractivity contribution in [3.05, 3.63) is 54.1 Å². The first-order valence-electron chi connectivity index (χ1n) is 7.87. The molecule has 2 rings (SSSR count). The molecule has 0 bridgehead atoms. The summed E-state index contributed by atoms with van der Waals surface area (Å²) in [5, 5.41) is 5.29. The SMILES string of the molecule is CC(=O)Nc1ccc(N(CC(=O)Nc2cccc(C)c2)S(C)(=O)=O)cc1. The highest BCUT2D eigenvalue weighted by Gasteiger charge is 2.21. The van der Waals surface area contributed by atoms with Gasteiger partial charge in [0.15, 0.2) is 0 Å². The van der Waals surface area contributed by atoms with Gasteiger partial charge < -0.3 is 10.6 Å². The van der Waals surface area contributed by atoms with Crippen molar-refractivity contribution < 1.29 is 18.0 Å². The predicted octanol–water partition coefficient (Wildman–Crippen LogP) is 2.36. The fourth-order valence-electron chi connectivity index (χ4n) is 2.37. The first kappa shape index (κ1) is 19.5. The molecule has 26 heavy (non-hydrogen) atoms. The van der Waals surface area contributed by atoms with Crippen LogP contribution in [0.25, 0.3) is 0 Å². The van der Waals surface area contributed by atoms with Gasteiger partial charge >= 0.3 is 0 Å². The molecule has 0 radical (unpaired) electrons. The lowest BCUT2D eigenvalue weighted by Crippen LogP contribution is -2.37. The van der Waals surface area contributed by atoms with Gasteiger partial charge in [-0.05, 0) is 48.9 Å². The third-order valence-electron chi connectivity index (χ3n) is 3.47. The highest BCUT2D eigenvalue weighted by Crippen LogP contribution is 2.20. The first-order chi connectivity index (χ1) is 12.1. The van der Waals surface area contributed by atoms with Crippen LogP contribution in [0.5, 0.6) is 0 Å². The second-order valence-electron chi connectivity index (χ2n) is 5.92. The van der Waals surface area contributed by atoms with E-state index in [1.54, 1.807) is 30.3 Å². The summed E-state index contributed by atoms with van der Waals surface area (Å²) in [5.74, 6) is -0.679. The molecule has 0 atom stereocenters. The topological polar surface area (TPSA) is 95.6 Å². The Morgan fingerprint density at radius 3 is 2.19 bits per heavy atom. The van der Waals surface area contributed by atoms with E-state index >= 15 is 0 Å². The van der Waals surface area contributed by atoms with Crippen LogP contribution in [-0.2, 0) is 19.6 Å². The van der Waals surface area contributed by atoms with Crippen LogP contribution >= 0.6 is 0 Å². The van der Waals surface area contributed by atoms with E-state index in [9.17, 15) is 18.0 Å². The molecule has 2 aromatic carbocycles. The average Bonchev–Trinajstić information content (AvgIpc) is 2.52. The van der Waals surface area contributed by atoms with Gasteiger partial charge in [0.2, 0.25) is 21.8 Å². The Balaban J connectivity index is 2.17. The van der Waals surface area contributed by atoms with Crippen LogP contribution in [0.3, 0.4) is 0 Å². The van der Waals surface area contributed by atoms with Crippen LogP contribution < -0.4 is 14.9 Å². The molecule has 7 nitrogen and oxygen atoms in total. The van der Waals surface area contributed by atoms with E-state index in [2.05, 4.69) is 10.6 Å². The van der Waals surface area contributed by atoms with Crippen molar-refractivity contribution in [3.8, 4) is 0 Å². The minimum Gasteiger partial charge on any atom is -0.326 e. The number of nitrogens with one attached hydrogen (secondary N) is 2. The number of hydrogen-bond donors (Lipinski definition) is 2. The Bertz CT molecular complexity index is 908. The molecular weight excluding hydrogens is 354 g/mol. The van der Waals surface area contributed by atoms with Gasteiger partial charge in [-0.2, -0.15) is 0 Å². The van der Waals surface area contributed by atoms with E-state index in [1.807, 2.05) is 13.0 Å². The Hall–Kier alpha value is -2.87. The summed E-state index contributed by atoms with van der Waals surface area (Å²) in [5.41, 5.74) is 2.46. The van der Waals surface area contributed by atoms with Gasteiger partial charge in [-0.25, -0.2) is 8.42 Å². The average molecular weight is 375 g/mol. The molecule has 0 heterocycles. The maximum absolute atomic E-state index is 12.3. The lowest BCUT2D eigenvalue weighted by atomic mass is 10.2. The number of carbonyl (C=O) groups is 2. The maximum atomic E-state index is 12.3. The molecule has 0 aliphatic carbocycles. The zero-order valence-electron chi connectivity index (χ0n) is 14.8. The standard InChI is InChI=1S/C18H21N3O4S/c1-13-5-4-6-16(11-13)20-18(23)12-21(26(3,24)25)17-9-7-15(8-10-17)19-14(2)22/h4-11H,12H2,1-3H3,(H,19,22)(H,20,23). The number of benzene rings is 2. The third kappa shape index (κ3) is 5.59. The van der Waals surface area contributed by atoms with Gasteiger partial charge in [-0.3, -0.25) is 13.9 Å². The van der Waals surface area contributed by atoms with Crippen LogP contribution in [0.15, 0.2) is 48.5 Å². The van der Waals surface area contributed by atoms with Gasteiger partial charge in [0.1, 0.15) is 6.54 Å². The molecule has 0 aliphatic heterocycles. The minimum atomic E-state index is -3.66. The van der Waals surface area contributed by atoms with E-state index in [1.165, 1.54) is 19.1 Å². The fraction of sp³-hybridized carbons (Fsp3) is 0.222. The van der Waals surface area contributed by atoms with E-state index in [0.29, 0.717) is 17.1 Å². The van der Waals surface area contributed by atoms with E-state index in [-0.39, 0.29) is 12.5 Å². The normalized spacial score (nSPS) is 10.9. The largest absolute Gasteiger partial charge is 0.326 e. The molecule has 2 N–H and O–H groups in total. The van der Waals surface area contributed by atoms with Crippen LogP contribution in [0, 0.1) is 6.92 Å². The number of amides is 2. The Kier molecular flexibility index (Phi) is 5.99. The molecule has 0 fully saturated rings. The van der Waals surface area contributed by atoms with Gasteiger partial charge in [0.25, 0.3) is 0 Å². The molecule has 0 unspecified atom stereocenters. The van der Waals surface area contributed by atoms with Crippen molar-refractivity contribution in [1.82, 2.24) is 0 Å². The lowest BCUT2D eigenvalue weighted by molar-refractivity contribution is -0.115. The third-order valence-corrected chi connectivity index (χ3v) is 4.61. The summed E-state index contributed by atoms with van der Waals surface area (Å²) in [7, 11) is -3.66. The second-order valence-corrected chi connectivity index (χ2v) is 7.82. The zero-order chi connectivity index (χ0) is 19.3. The van der Waals surface area contributed by atoms with Gasteiger partial charge in [0, 0.05) is 18.3 Å². The second kappa shape index (κ2) is 8.01. The number of nitrogens with zero attached hydrogens (tertiary/aromatic N) is 1. The molecule has 0 saturated carbocycles. The Morgan fingerprint density at radius 1 is 1.00 bits per heavy atom. The number of hydrogen-bond acceptors (Lipinski definition) is 4. The molecule has 0 spiro atoms. The molecule has 0 saturated heterocycles. The summed E-state index contributed by atoms with van der Waals surface area (Å²) in [6.07, 6.45) is 1.04. The monoisotopic (exact) mass is 375 g/mol. The Labute approximate surface area is 153 Å². The predicted molar refractivity (Wildman–Crippen MR) is 103 cm³/mol. The fourth-order valence-corrected chi connectivity index (χ4v) is 3.22. The van der Waals surface area contributed by atoms with Crippen molar-refractivity contribution in [2.75, 3.05) is 27.7 Å². The maximum Gasteiger partial charge on any atom is 0.245 e. The zero-order valence-corrected chi connectivity index (χ0v) is 15.6. The molecular formula is C18H21N3O4S. The summed E-state index contributed by atoms with van der Waals surface area (Å²) < 4.78 is 25.2.